The molecule has 0 aliphatic carbocycles. The number of rotatable bonds is 5. The van der Waals surface area contributed by atoms with Gasteiger partial charge in [0.15, 0.2) is 11.5 Å². The number of nitrogens with zero attached hydrogens (tertiary/aromatic N) is 1. The standard InChI is InChI=1S/C17H16BrNO4S/c1-4-22-16-9-13(10-19)8-15(18)17(16)23-24(20,21)14-6-5-11(2)12(3)7-14/h5-9H,4H2,1-3H3. The molecule has 0 radical (unpaired) electrons. The average molecular weight is 410 g/mol. The van der Waals surface area contributed by atoms with Crippen molar-refractivity contribution in [2.75, 3.05) is 6.61 Å². The Balaban J connectivity index is 2.49. The van der Waals surface area contributed by atoms with Crippen molar-refractivity contribution in [2.45, 2.75) is 25.7 Å². The highest BCUT2D eigenvalue weighted by atomic mass is 79.9. The fourth-order valence-electron chi connectivity index (χ4n) is 2.00. The van der Waals surface area contributed by atoms with Crippen molar-refractivity contribution in [3.63, 3.8) is 0 Å². The van der Waals surface area contributed by atoms with Gasteiger partial charge in [0.1, 0.15) is 4.90 Å². The third kappa shape index (κ3) is 3.89. The first-order chi connectivity index (χ1) is 11.3. The summed E-state index contributed by atoms with van der Waals surface area (Å²) < 4.78 is 36.2. The predicted molar refractivity (Wildman–Crippen MR) is 93.8 cm³/mol. The van der Waals surface area contributed by atoms with E-state index in [4.69, 9.17) is 14.2 Å². The van der Waals surface area contributed by atoms with Crippen molar-refractivity contribution in [1.29, 1.82) is 5.26 Å². The molecule has 2 rings (SSSR count). The van der Waals surface area contributed by atoms with Crippen LogP contribution in [0.15, 0.2) is 39.7 Å². The van der Waals surface area contributed by atoms with Crippen molar-refractivity contribution < 1.29 is 17.3 Å². The molecule has 0 N–H and O–H groups in total. The van der Waals surface area contributed by atoms with E-state index in [1.165, 1.54) is 18.2 Å². The van der Waals surface area contributed by atoms with Gasteiger partial charge in [-0.15, -0.1) is 0 Å². The monoisotopic (exact) mass is 409 g/mol. The third-order valence-corrected chi connectivity index (χ3v) is 5.20. The van der Waals surface area contributed by atoms with Crippen molar-refractivity contribution in [1.82, 2.24) is 0 Å². The van der Waals surface area contributed by atoms with E-state index in [9.17, 15) is 8.42 Å². The highest BCUT2D eigenvalue weighted by Crippen LogP contribution is 2.38. The summed E-state index contributed by atoms with van der Waals surface area (Å²) in [6.07, 6.45) is 0. The molecule has 0 aromatic heterocycles. The molecule has 126 valence electrons. The second-order valence-electron chi connectivity index (χ2n) is 5.11. The van der Waals surface area contributed by atoms with Crippen LogP contribution in [-0.4, -0.2) is 15.0 Å². The summed E-state index contributed by atoms with van der Waals surface area (Å²) in [5.74, 6) is 0.213. The first kappa shape index (κ1) is 18.3. The maximum absolute atomic E-state index is 12.6. The van der Waals surface area contributed by atoms with Crippen LogP contribution in [0.1, 0.15) is 23.6 Å². The molecule has 5 nitrogen and oxygen atoms in total. The zero-order valence-electron chi connectivity index (χ0n) is 13.5. The van der Waals surface area contributed by atoms with Crippen LogP contribution in [0.4, 0.5) is 0 Å². The maximum Gasteiger partial charge on any atom is 0.339 e. The lowest BCUT2D eigenvalue weighted by atomic mass is 10.1. The van der Waals surface area contributed by atoms with Gasteiger partial charge in [0.25, 0.3) is 0 Å². The zero-order chi connectivity index (χ0) is 17.9. The van der Waals surface area contributed by atoms with Crippen molar-refractivity contribution >= 4 is 26.0 Å². The van der Waals surface area contributed by atoms with Gasteiger partial charge in [-0.25, -0.2) is 0 Å². The van der Waals surface area contributed by atoms with Gasteiger partial charge in [-0.1, -0.05) is 6.07 Å². The smallest absolute Gasteiger partial charge is 0.339 e. The Hall–Kier alpha value is -2.04. The molecule has 2 aromatic carbocycles. The number of benzene rings is 2. The van der Waals surface area contributed by atoms with Gasteiger partial charge in [0.05, 0.1) is 22.7 Å². The van der Waals surface area contributed by atoms with Crippen LogP contribution in [0.2, 0.25) is 0 Å². The Kier molecular flexibility index (Phi) is 5.52. The number of hydrogen-bond acceptors (Lipinski definition) is 5. The van der Waals surface area contributed by atoms with Crippen molar-refractivity contribution in [3.05, 3.63) is 51.5 Å². The van der Waals surface area contributed by atoms with Crippen LogP contribution >= 0.6 is 15.9 Å². The van der Waals surface area contributed by atoms with E-state index < -0.39 is 10.1 Å². The molecule has 0 aliphatic rings. The highest BCUT2D eigenvalue weighted by Gasteiger charge is 2.22. The van der Waals surface area contributed by atoms with Crippen LogP contribution in [0, 0.1) is 25.2 Å². The van der Waals surface area contributed by atoms with Crippen LogP contribution in [-0.2, 0) is 10.1 Å². The highest BCUT2D eigenvalue weighted by molar-refractivity contribution is 9.10. The van der Waals surface area contributed by atoms with Crippen LogP contribution < -0.4 is 8.92 Å². The SMILES string of the molecule is CCOc1cc(C#N)cc(Br)c1OS(=O)(=O)c1ccc(C)c(C)c1. The fraction of sp³-hybridized carbons (Fsp3) is 0.235. The molecule has 0 bridgehead atoms. The summed E-state index contributed by atoms with van der Waals surface area (Å²) >= 11 is 3.24. The molecule has 2 aromatic rings. The van der Waals surface area contributed by atoms with E-state index >= 15 is 0 Å². The maximum atomic E-state index is 12.6. The van der Waals surface area contributed by atoms with Gasteiger partial charge in [-0.05, 0) is 66.0 Å². The molecule has 0 saturated carbocycles. The first-order valence-electron chi connectivity index (χ1n) is 7.16. The topological polar surface area (TPSA) is 76.4 Å². The molecule has 0 spiro atoms. The largest absolute Gasteiger partial charge is 0.490 e. The zero-order valence-corrected chi connectivity index (χ0v) is 15.9. The van der Waals surface area contributed by atoms with Gasteiger partial charge in [-0.2, -0.15) is 13.7 Å². The normalized spacial score (nSPS) is 11.0. The lowest BCUT2D eigenvalue weighted by molar-refractivity contribution is 0.327. The molecule has 7 heteroatoms. The van der Waals surface area contributed by atoms with E-state index in [0.29, 0.717) is 16.6 Å². The van der Waals surface area contributed by atoms with Gasteiger partial charge in [-0.3, -0.25) is 0 Å². The number of ether oxygens (including phenoxy) is 1. The number of hydrogen-bond donors (Lipinski definition) is 0. The van der Waals surface area contributed by atoms with Gasteiger partial charge in [0, 0.05) is 6.07 Å². The molecule has 0 heterocycles. The number of nitriles is 1. The Labute approximate surface area is 150 Å². The molecule has 24 heavy (non-hydrogen) atoms. The van der Waals surface area contributed by atoms with E-state index in [1.54, 1.807) is 19.1 Å². The van der Waals surface area contributed by atoms with Crippen LogP contribution in [0.5, 0.6) is 11.5 Å². The van der Waals surface area contributed by atoms with Gasteiger partial charge in [0.2, 0.25) is 0 Å². The molecule has 0 unspecified atom stereocenters. The quantitative estimate of drug-likeness (QED) is 0.694. The summed E-state index contributed by atoms with van der Waals surface area (Å²) in [7, 11) is -4.03. The number of halogens is 1. The molecule has 0 fully saturated rings. The Bertz CT molecular complexity index is 917. The van der Waals surface area contributed by atoms with E-state index in [-0.39, 0.29) is 16.4 Å². The minimum absolute atomic E-state index is 0.0223. The molecular weight excluding hydrogens is 394 g/mol. The second-order valence-corrected chi connectivity index (χ2v) is 7.51. The molecule has 0 amide bonds. The third-order valence-electron chi connectivity index (χ3n) is 3.40. The van der Waals surface area contributed by atoms with Gasteiger partial charge >= 0.3 is 10.1 Å². The lowest BCUT2D eigenvalue weighted by Crippen LogP contribution is -2.12. The average Bonchev–Trinajstić information content (AvgIpc) is 2.53. The lowest BCUT2D eigenvalue weighted by Gasteiger charge is -2.14. The molecule has 0 aliphatic heterocycles. The van der Waals surface area contributed by atoms with E-state index in [1.807, 2.05) is 19.9 Å². The van der Waals surface area contributed by atoms with Gasteiger partial charge < -0.3 is 8.92 Å². The van der Waals surface area contributed by atoms with Crippen molar-refractivity contribution in [3.8, 4) is 17.6 Å². The second kappa shape index (κ2) is 7.24. The summed E-state index contributed by atoms with van der Waals surface area (Å²) in [5.41, 5.74) is 2.17. The van der Waals surface area contributed by atoms with Crippen LogP contribution in [0.25, 0.3) is 0 Å². The Morgan fingerprint density at radius 1 is 1.17 bits per heavy atom. The van der Waals surface area contributed by atoms with Crippen molar-refractivity contribution in [2.24, 2.45) is 0 Å². The van der Waals surface area contributed by atoms with E-state index in [0.717, 1.165) is 11.1 Å². The molecular formula is C17H16BrNO4S. The predicted octanol–water partition coefficient (Wildman–Crippen LogP) is 4.10. The fourth-order valence-corrected chi connectivity index (χ4v) is 3.68. The Morgan fingerprint density at radius 2 is 1.88 bits per heavy atom. The minimum atomic E-state index is -4.03. The first-order valence-corrected chi connectivity index (χ1v) is 9.36. The Morgan fingerprint density at radius 3 is 2.46 bits per heavy atom. The van der Waals surface area contributed by atoms with Crippen LogP contribution in [0.3, 0.4) is 0 Å². The molecule has 0 atom stereocenters. The summed E-state index contributed by atoms with van der Waals surface area (Å²) in [4.78, 5) is 0.0595. The summed E-state index contributed by atoms with van der Waals surface area (Å²) in [5, 5.41) is 9.03. The summed E-state index contributed by atoms with van der Waals surface area (Å²) in [6.45, 7) is 5.80. The summed E-state index contributed by atoms with van der Waals surface area (Å²) in [6, 6.07) is 9.69. The minimum Gasteiger partial charge on any atom is -0.490 e. The molecule has 0 saturated heterocycles. The number of aryl methyl sites for hydroxylation is 2. The van der Waals surface area contributed by atoms with E-state index in [2.05, 4.69) is 15.9 Å².